The first kappa shape index (κ1) is 23.4. The lowest BCUT2D eigenvalue weighted by molar-refractivity contribution is 1.18. The fraction of sp³-hybridized carbons (Fsp3) is 0.0588. The molecule has 0 aliphatic rings. The molecule has 0 aliphatic heterocycles. The van der Waals surface area contributed by atoms with Crippen LogP contribution in [0.1, 0.15) is 11.4 Å². The Morgan fingerprint density at radius 1 is 0.342 bits per heavy atom. The Hall–Kier alpha value is -4.96. The summed E-state index contributed by atoms with van der Waals surface area (Å²) in [6, 6.07) is 37.5. The number of aryl methyl sites for hydroxylation is 2. The first-order valence-electron chi connectivity index (χ1n) is 12.6. The molecule has 0 saturated carbocycles. The highest BCUT2D eigenvalue weighted by Gasteiger charge is 2.06. The fourth-order valence-electron chi connectivity index (χ4n) is 4.51. The van der Waals surface area contributed by atoms with Gasteiger partial charge in [-0.25, -0.2) is 0 Å². The molecule has 0 aliphatic carbocycles. The van der Waals surface area contributed by atoms with Gasteiger partial charge in [0.1, 0.15) is 0 Å². The largest absolute Gasteiger partial charge is 0.254 e. The summed E-state index contributed by atoms with van der Waals surface area (Å²) in [5, 5.41) is 0. The molecular weight excluding hydrogens is 464 g/mol. The van der Waals surface area contributed by atoms with Crippen molar-refractivity contribution in [3.63, 3.8) is 0 Å². The van der Waals surface area contributed by atoms with Crippen LogP contribution < -0.4 is 0 Å². The van der Waals surface area contributed by atoms with Crippen molar-refractivity contribution < 1.29 is 0 Å². The van der Waals surface area contributed by atoms with Crippen LogP contribution in [0, 0.1) is 13.8 Å². The van der Waals surface area contributed by atoms with Gasteiger partial charge in [-0.15, -0.1) is 0 Å². The first-order valence-corrected chi connectivity index (χ1v) is 12.6. The first-order chi connectivity index (χ1) is 18.6. The molecule has 0 fully saturated rings. The number of benzene rings is 2. The van der Waals surface area contributed by atoms with Crippen molar-refractivity contribution in [1.29, 1.82) is 0 Å². The zero-order valence-electron chi connectivity index (χ0n) is 21.3. The molecule has 6 aromatic rings. The van der Waals surface area contributed by atoms with E-state index in [1.165, 1.54) is 11.1 Å². The second-order valence-electron chi connectivity index (χ2n) is 9.35. The maximum absolute atomic E-state index is 4.64. The lowest BCUT2D eigenvalue weighted by atomic mass is 9.98. The minimum absolute atomic E-state index is 0.880. The van der Waals surface area contributed by atoms with Crippen LogP contribution in [-0.2, 0) is 0 Å². The van der Waals surface area contributed by atoms with Gasteiger partial charge in [0.25, 0.3) is 0 Å². The van der Waals surface area contributed by atoms with E-state index in [1.54, 1.807) is 0 Å². The molecule has 4 heteroatoms. The standard InChI is InChI=1S/C34H26N4/c1-23-5-3-7-33(37-23)31-19-17-29(21-35-31)27-13-9-25(10-14-27)26-11-15-28(16-12-26)30-18-20-32(36-22-30)34-8-4-6-24(2)38-34/h3-22H,1-2H3. The van der Waals surface area contributed by atoms with Gasteiger partial charge in [0, 0.05) is 34.9 Å². The van der Waals surface area contributed by atoms with Crippen LogP contribution in [0.4, 0.5) is 0 Å². The highest BCUT2D eigenvalue weighted by Crippen LogP contribution is 2.28. The number of pyridine rings is 4. The Balaban J connectivity index is 1.17. The van der Waals surface area contributed by atoms with E-state index in [4.69, 9.17) is 0 Å². The average Bonchev–Trinajstić information content (AvgIpc) is 2.98. The van der Waals surface area contributed by atoms with E-state index < -0.39 is 0 Å². The normalized spacial score (nSPS) is 10.9. The van der Waals surface area contributed by atoms with Gasteiger partial charge < -0.3 is 0 Å². The third-order valence-corrected chi connectivity index (χ3v) is 6.60. The van der Waals surface area contributed by atoms with Crippen LogP contribution in [0.2, 0.25) is 0 Å². The lowest BCUT2D eigenvalue weighted by Gasteiger charge is -2.08. The van der Waals surface area contributed by atoms with E-state index >= 15 is 0 Å². The van der Waals surface area contributed by atoms with Gasteiger partial charge in [-0.2, -0.15) is 0 Å². The predicted molar refractivity (Wildman–Crippen MR) is 154 cm³/mol. The summed E-state index contributed by atoms with van der Waals surface area (Å²) in [5.41, 5.74) is 12.3. The number of hydrogen-bond acceptors (Lipinski definition) is 4. The van der Waals surface area contributed by atoms with Crippen molar-refractivity contribution in [2.45, 2.75) is 13.8 Å². The summed E-state index contributed by atoms with van der Waals surface area (Å²) < 4.78 is 0. The summed E-state index contributed by atoms with van der Waals surface area (Å²) >= 11 is 0. The maximum Gasteiger partial charge on any atom is 0.0889 e. The predicted octanol–water partition coefficient (Wildman–Crippen LogP) is 8.22. The average molecular weight is 491 g/mol. The molecular formula is C34H26N4. The molecule has 0 N–H and O–H groups in total. The number of aromatic nitrogens is 4. The molecule has 4 aromatic heterocycles. The van der Waals surface area contributed by atoms with Gasteiger partial charge in [-0.1, -0.05) is 72.8 Å². The number of nitrogens with zero attached hydrogens (tertiary/aromatic N) is 4. The number of rotatable bonds is 5. The monoisotopic (exact) mass is 490 g/mol. The Morgan fingerprint density at radius 3 is 1.00 bits per heavy atom. The summed E-state index contributed by atoms with van der Waals surface area (Å²) in [4.78, 5) is 18.4. The Kier molecular flexibility index (Phi) is 6.29. The van der Waals surface area contributed by atoms with Crippen molar-refractivity contribution in [3.8, 4) is 56.2 Å². The maximum atomic E-state index is 4.64. The van der Waals surface area contributed by atoms with E-state index in [2.05, 4.69) is 80.6 Å². The molecule has 6 rings (SSSR count). The highest BCUT2D eigenvalue weighted by molar-refractivity contribution is 5.74. The van der Waals surface area contributed by atoms with E-state index in [1.807, 2.05) is 74.8 Å². The Bertz CT molecular complexity index is 1560. The third kappa shape index (κ3) is 4.97. The summed E-state index contributed by atoms with van der Waals surface area (Å²) in [6.45, 7) is 3.98. The minimum atomic E-state index is 0.880. The molecule has 0 spiro atoms. The van der Waals surface area contributed by atoms with E-state index in [0.29, 0.717) is 0 Å². The van der Waals surface area contributed by atoms with Gasteiger partial charge in [0.05, 0.1) is 22.8 Å². The van der Waals surface area contributed by atoms with Gasteiger partial charge in [0.15, 0.2) is 0 Å². The zero-order valence-corrected chi connectivity index (χ0v) is 21.3. The quantitative estimate of drug-likeness (QED) is 0.244. The van der Waals surface area contributed by atoms with Crippen LogP contribution in [0.25, 0.3) is 56.2 Å². The number of hydrogen-bond donors (Lipinski definition) is 0. The Labute approximate surface area is 222 Å². The van der Waals surface area contributed by atoms with Gasteiger partial charge in [-0.05, 0) is 72.5 Å². The summed E-state index contributed by atoms with van der Waals surface area (Å²) in [6.07, 6.45) is 3.83. The minimum Gasteiger partial charge on any atom is -0.254 e. The van der Waals surface area contributed by atoms with E-state index in [-0.39, 0.29) is 0 Å². The molecule has 0 unspecified atom stereocenters. The second kappa shape index (κ2) is 10.2. The van der Waals surface area contributed by atoms with Crippen LogP contribution in [0.3, 0.4) is 0 Å². The molecule has 4 heterocycles. The molecule has 0 atom stereocenters. The van der Waals surface area contributed by atoms with Crippen LogP contribution in [0.5, 0.6) is 0 Å². The van der Waals surface area contributed by atoms with Crippen molar-refractivity contribution in [3.05, 3.63) is 133 Å². The van der Waals surface area contributed by atoms with E-state index in [9.17, 15) is 0 Å². The van der Waals surface area contributed by atoms with Gasteiger partial charge in [0.2, 0.25) is 0 Å². The Morgan fingerprint density at radius 2 is 0.684 bits per heavy atom. The second-order valence-corrected chi connectivity index (χ2v) is 9.35. The van der Waals surface area contributed by atoms with Crippen LogP contribution in [-0.4, -0.2) is 19.9 Å². The van der Waals surface area contributed by atoms with Crippen LogP contribution in [0.15, 0.2) is 122 Å². The molecule has 2 aromatic carbocycles. The lowest BCUT2D eigenvalue weighted by Crippen LogP contribution is -1.90. The van der Waals surface area contributed by atoms with Crippen molar-refractivity contribution in [2.75, 3.05) is 0 Å². The topological polar surface area (TPSA) is 51.6 Å². The van der Waals surface area contributed by atoms with Crippen molar-refractivity contribution in [2.24, 2.45) is 0 Å². The molecule has 0 saturated heterocycles. The smallest absolute Gasteiger partial charge is 0.0889 e. The zero-order chi connectivity index (χ0) is 25.9. The molecule has 0 radical (unpaired) electrons. The summed E-state index contributed by atoms with van der Waals surface area (Å²) in [7, 11) is 0. The van der Waals surface area contributed by atoms with Gasteiger partial charge >= 0.3 is 0 Å². The fourth-order valence-corrected chi connectivity index (χ4v) is 4.51. The molecule has 38 heavy (non-hydrogen) atoms. The van der Waals surface area contributed by atoms with Crippen molar-refractivity contribution in [1.82, 2.24) is 19.9 Å². The molecule has 4 nitrogen and oxygen atoms in total. The molecule has 182 valence electrons. The third-order valence-electron chi connectivity index (χ3n) is 6.60. The van der Waals surface area contributed by atoms with Crippen LogP contribution >= 0.6 is 0 Å². The molecule has 0 bridgehead atoms. The van der Waals surface area contributed by atoms with Crippen molar-refractivity contribution >= 4 is 0 Å². The SMILES string of the molecule is Cc1cccc(-c2ccc(-c3ccc(-c4ccc(-c5ccc(-c6cccc(C)n6)nc5)cc4)cc3)cn2)n1. The van der Waals surface area contributed by atoms with Gasteiger partial charge in [-0.3, -0.25) is 19.9 Å². The highest BCUT2D eigenvalue weighted by atomic mass is 14.8. The summed E-state index contributed by atoms with van der Waals surface area (Å²) in [5.74, 6) is 0. The van der Waals surface area contributed by atoms with E-state index in [0.717, 1.165) is 56.4 Å². The molecule has 0 amide bonds.